The highest BCUT2D eigenvalue weighted by molar-refractivity contribution is 6.30. The predicted octanol–water partition coefficient (Wildman–Crippen LogP) is 3.33. The Labute approximate surface area is 110 Å². The van der Waals surface area contributed by atoms with Crippen LogP contribution in [0.3, 0.4) is 0 Å². The molecule has 1 unspecified atom stereocenters. The maximum atomic E-state index is 5.92. The lowest BCUT2D eigenvalue weighted by Gasteiger charge is -2.27. The molecule has 0 aliphatic rings. The van der Waals surface area contributed by atoms with E-state index in [4.69, 9.17) is 11.6 Å². The average molecular weight is 255 g/mol. The van der Waals surface area contributed by atoms with Crippen LogP contribution in [0.1, 0.15) is 31.4 Å². The maximum absolute atomic E-state index is 5.92. The Kier molecular flexibility index (Phi) is 6.56. The molecule has 3 heteroatoms. The predicted molar refractivity (Wildman–Crippen MR) is 75.7 cm³/mol. The molecular formula is C14H23ClN2. The molecule has 0 bridgehead atoms. The van der Waals surface area contributed by atoms with Crippen LogP contribution in [0.4, 0.5) is 0 Å². The highest BCUT2D eigenvalue weighted by Gasteiger charge is 2.14. The maximum Gasteiger partial charge on any atom is 0.0406 e. The number of hydrogen-bond acceptors (Lipinski definition) is 2. The van der Waals surface area contributed by atoms with Crippen molar-refractivity contribution in [3.05, 3.63) is 34.9 Å². The summed E-state index contributed by atoms with van der Waals surface area (Å²) in [5, 5.41) is 3.99. The molecule has 1 atom stereocenters. The minimum Gasteiger partial charge on any atom is -0.320 e. The molecule has 0 radical (unpaired) electrons. The van der Waals surface area contributed by atoms with Crippen molar-refractivity contribution in [2.24, 2.45) is 0 Å². The minimum atomic E-state index is 0.490. The van der Waals surface area contributed by atoms with Gasteiger partial charge >= 0.3 is 0 Å². The minimum absolute atomic E-state index is 0.490. The molecular weight excluding hydrogens is 232 g/mol. The Morgan fingerprint density at radius 2 is 1.94 bits per heavy atom. The van der Waals surface area contributed by atoms with Crippen LogP contribution in [0.5, 0.6) is 0 Å². The van der Waals surface area contributed by atoms with Crippen molar-refractivity contribution in [2.75, 3.05) is 27.2 Å². The van der Waals surface area contributed by atoms with Crippen molar-refractivity contribution >= 4 is 11.6 Å². The van der Waals surface area contributed by atoms with Gasteiger partial charge < -0.3 is 5.32 Å². The zero-order valence-corrected chi connectivity index (χ0v) is 11.8. The summed E-state index contributed by atoms with van der Waals surface area (Å²) in [5.41, 5.74) is 1.35. The van der Waals surface area contributed by atoms with Gasteiger partial charge in [-0.05, 0) is 57.7 Å². The van der Waals surface area contributed by atoms with E-state index in [2.05, 4.69) is 36.3 Å². The second-order valence-electron chi connectivity index (χ2n) is 4.41. The summed E-state index contributed by atoms with van der Waals surface area (Å²) in [4.78, 5) is 2.42. The van der Waals surface area contributed by atoms with Gasteiger partial charge in [0.25, 0.3) is 0 Å². The van der Waals surface area contributed by atoms with Gasteiger partial charge in [-0.25, -0.2) is 0 Å². The van der Waals surface area contributed by atoms with Gasteiger partial charge in [0.15, 0.2) is 0 Å². The first-order chi connectivity index (χ1) is 8.19. The number of rotatable bonds is 7. The molecule has 0 aliphatic heterocycles. The molecule has 1 rings (SSSR count). The molecule has 17 heavy (non-hydrogen) atoms. The van der Waals surface area contributed by atoms with Gasteiger partial charge in [-0.15, -0.1) is 0 Å². The van der Waals surface area contributed by atoms with Gasteiger partial charge in [0.1, 0.15) is 0 Å². The first-order valence-electron chi connectivity index (χ1n) is 6.29. The first-order valence-corrected chi connectivity index (χ1v) is 6.67. The molecule has 0 saturated carbocycles. The smallest absolute Gasteiger partial charge is 0.0406 e. The number of nitrogens with zero attached hydrogens (tertiary/aromatic N) is 1. The third kappa shape index (κ3) is 4.66. The lowest BCUT2D eigenvalue weighted by atomic mass is 10.0. The van der Waals surface area contributed by atoms with E-state index in [1.54, 1.807) is 0 Å². The summed E-state index contributed by atoms with van der Waals surface area (Å²) in [6, 6.07) is 8.70. The molecule has 96 valence electrons. The zero-order chi connectivity index (χ0) is 12.7. The monoisotopic (exact) mass is 254 g/mol. The van der Waals surface area contributed by atoms with Crippen LogP contribution in [0.25, 0.3) is 0 Å². The van der Waals surface area contributed by atoms with E-state index < -0.39 is 0 Å². The molecule has 2 nitrogen and oxygen atoms in total. The van der Waals surface area contributed by atoms with Crippen LogP contribution in [-0.4, -0.2) is 32.1 Å². The van der Waals surface area contributed by atoms with Crippen molar-refractivity contribution in [3.63, 3.8) is 0 Å². The lowest BCUT2D eigenvalue weighted by molar-refractivity contribution is 0.236. The zero-order valence-electron chi connectivity index (χ0n) is 11.0. The topological polar surface area (TPSA) is 15.3 Å². The van der Waals surface area contributed by atoms with Crippen LogP contribution in [0, 0.1) is 0 Å². The fraction of sp³-hybridized carbons (Fsp3) is 0.571. The highest BCUT2D eigenvalue weighted by Crippen LogP contribution is 2.24. The third-order valence-corrected chi connectivity index (χ3v) is 3.36. The molecule has 0 saturated heterocycles. The van der Waals surface area contributed by atoms with Crippen LogP contribution >= 0.6 is 11.6 Å². The normalized spacial score (nSPS) is 13.0. The first kappa shape index (κ1) is 14.5. The van der Waals surface area contributed by atoms with Crippen molar-refractivity contribution in [3.8, 4) is 0 Å². The molecule has 1 aromatic carbocycles. The van der Waals surface area contributed by atoms with E-state index in [9.17, 15) is 0 Å². The summed E-state index contributed by atoms with van der Waals surface area (Å²) in [7, 11) is 4.19. The van der Waals surface area contributed by atoms with Gasteiger partial charge in [-0.1, -0.05) is 30.7 Å². The van der Waals surface area contributed by atoms with Crippen molar-refractivity contribution in [1.29, 1.82) is 0 Å². The van der Waals surface area contributed by atoms with E-state index in [0.717, 1.165) is 24.5 Å². The molecule has 0 spiro atoms. The molecule has 0 fully saturated rings. The SMILES string of the molecule is CCC(c1ccc(Cl)cc1)N(C)CCCNC. The van der Waals surface area contributed by atoms with Crippen molar-refractivity contribution in [2.45, 2.75) is 25.8 Å². The largest absolute Gasteiger partial charge is 0.320 e. The quantitative estimate of drug-likeness (QED) is 0.751. The second kappa shape index (κ2) is 7.70. The summed E-state index contributed by atoms with van der Waals surface area (Å²) >= 11 is 5.92. The van der Waals surface area contributed by atoms with Crippen LogP contribution in [-0.2, 0) is 0 Å². The Bertz CT molecular complexity index is 311. The molecule has 0 aromatic heterocycles. The van der Waals surface area contributed by atoms with E-state index in [1.165, 1.54) is 12.0 Å². The second-order valence-corrected chi connectivity index (χ2v) is 4.85. The van der Waals surface area contributed by atoms with E-state index in [-0.39, 0.29) is 0 Å². The summed E-state index contributed by atoms with van der Waals surface area (Å²) in [6.07, 6.45) is 2.30. The molecule has 0 heterocycles. The molecule has 1 N–H and O–H groups in total. The van der Waals surface area contributed by atoms with Crippen LogP contribution in [0.2, 0.25) is 5.02 Å². The fourth-order valence-corrected chi connectivity index (χ4v) is 2.27. The van der Waals surface area contributed by atoms with E-state index >= 15 is 0 Å². The van der Waals surface area contributed by atoms with E-state index in [1.807, 2.05) is 19.2 Å². The number of halogens is 1. The molecule has 0 amide bonds. The molecule has 0 aliphatic carbocycles. The van der Waals surface area contributed by atoms with Gasteiger partial charge in [0.05, 0.1) is 0 Å². The highest BCUT2D eigenvalue weighted by atomic mass is 35.5. The number of nitrogens with one attached hydrogen (secondary N) is 1. The van der Waals surface area contributed by atoms with Gasteiger partial charge in [-0.3, -0.25) is 4.90 Å². The standard InChI is InChI=1S/C14H23ClN2/c1-4-14(17(3)11-5-10-16-2)12-6-8-13(15)9-7-12/h6-9,14,16H,4-5,10-11H2,1-3H3. The van der Waals surface area contributed by atoms with Gasteiger partial charge in [0.2, 0.25) is 0 Å². The molecule has 1 aromatic rings. The van der Waals surface area contributed by atoms with Crippen LogP contribution < -0.4 is 5.32 Å². The Hall–Kier alpha value is -0.570. The van der Waals surface area contributed by atoms with Gasteiger partial charge in [0, 0.05) is 11.1 Å². The third-order valence-electron chi connectivity index (χ3n) is 3.11. The fourth-order valence-electron chi connectivity index (χ4n) is 2.15. The number of hydrogen-bond donors (Lipinski definition) is 1. The Morgan fingerprint density at radius 3 is 2.47 bits per heavy atom. The van der Waals surface area contributed by atoms with Crippen LogP contribution in [0.15, 0.2) is 24.3 Å². The van der Waals surface area contributed by atoms with Crippen molar-refractivity contribution in [1.82, 2.24) is 10.2 Å². The number of benzene rings is 1. The van der Waals surface area contributed by atoms with Crippen molar-refractivity contribution < 1.29 is 0 Å². The van der Waals surface area contributed by atoms with Gasteiger partial charge in [-0.2, -0.15) is 0 Å². The Balaban J connectivity index is 2.60. The van der Waals surface area contributed by atoms with E-state index in [0.29, 0.717) is 6.04 Å². The Morgan fingerprint density at radius 1 is 1.29 bits per heavy atom. The summed E-state index contributed by atoms with van der Waals surface area (Å²) < 4.78 is 0. The average Bonchev–Trinajstić information content (AvgIpc) is 2.33. The summed E-state index contributed by atoms with van der Waals surface area (Å²) in [6.45, 7) is 4.41. The lowest BCUT2D eigenvalue weighted by Crippen LogP contribution is -2.27. The summed E-state index contributed by atoms with van der Waals surface area (Å²) in [5.74, 6) is 0.